The van der Waals surface area contributed by atoms with E-state index in [9.17, 15) is 4.79 Å². The Bertz CT molecular complexity index is 279. The van der Waals surface area contributed by atoms with Crippen molar-refractivity contribution in [3.05, 3.63) is 12.2 Å². The summed E-state index contributed by atoms with van der Waals surface area (Å²) >= 11 is 0. The standard InChI is InChI=1S/C11H14O/c1-8-2-3-10(4-5-10)9(12)11(8)6-7-11/h1-7H2. The topological polar surface area (TPSA) is 17.1 Å². The van der Waals surface area contributed by atoms with Crippen LogP contribution < -0.4 is 0 Å². The maximum absolute atomic E-state index is 12.0. The number of ketones is 1. The van der Waals surface area contributed by atoms with E-state index in [0.29, 0.717) is 5.78 Å². The zero-order valence-electron chi connectivity index (χ0n) is 7.36. The summed E-state index contributed by atoms with van der Waals surface area (Å²) in [4.78, 5) is 12.0. The minimum Gasteiger partial charge on any atom is -0.298 e. The van der Waals surface area contributed by atoms with Gasteiger partial charge in [-0.15, -0.1) is 0 Å². The molecule has 0 unspecified atom stereocenters. The molecule has 0 aromatic carbocycles. The van der Waals surface area contributed by atoms with Crippen LogP contribution in [0, 0.1) is 10.8 Å². The zero-order valence-corrected chi connectivity index (χ0v) is 7.36. The predicted octanol–water partition coefficient (Wildman–Crippen LogP) is 2.47. The quantitative estimate of drug-likeness (QED) is 0.500. The van der Waals surface area contributed by atoms with Gasteiger partial charge in [-0.3, -0.25) is 4.79 Å². The van der Waals surface area contributed by atoms with Gasteiger partial charge in [-0.25, -0.2) is 0 Å². The van der Waals surface area contributed by atoms with Gasteiger partial charge in [-0.1, -0.05) is 12.2 Å². The molecule has 0 amide bonds. The molecule has 3 aliphatic carbocycles. The largest absolute Gasteiger partial charge is 0.298 e. The van der Waals surface area contributed by atoms with E-state index in [2.05, 4.69) is 6.58 Å². The van der Waals surface area contributed by atoms with Crippen LogP contribution in [0.5, 0.6) is 0 Å². The van der Waals surface area contributed by atoms with E-state index in [0.717, 1.165) is 25.7 Å². The van der Waals surface area contributed by atoms with Gasteiger partial charge in [0.05, 0.1) is 5.41 Å². The highest BCUT2D eigenvalue weighted by atomic mass is 16.1. The van der Waals surface area contributed by atoms with Crippen LogP contribution in [0.2, 0.25) is 0 Å². The SMILES string of the molecule is C=C1CCC2(CC2)C(=O)C12CC2. The molecule has 0 heterocycles. The van der Waals surface area contributed by atoms with Gasteiger partial charge < -0.3 is 0 Å². The van der Waals surface area contributed by atoms with Crippen molar-refractivity contribution in [2.75, 3.05) is 0 Å². The molecule has 3 fully saturated rings. The van der Waals surface area contributed by atoms with Crippen LogP contribution in [-0.4, -0.2) is 5.78 Å². The third-order valence-electron chi connectivity index (χ3n) is 4.10. The molecule has 3 rings (SSSR count). The predicted molar refractivity (Wildman–Crippen MR) is 46.7 cm³/mol. The number of hydrogen-bond donors (Lipinski definition) is 0. The number of carbonyl (C=O) groups is 1. The van der Waals surface area contributed by atoms with Gasteiger partial charge in [0.1, 0.15) is 5.78 Å². The van der Waals surface area contributed by atoms with Gasteiger partial charge in [0.2, 0.25) is 0 Å². The molecule has 12 heavy (non-hydrogen) atoms. The lowest BCUT2D eigenvalue weighted by Crippen LogP contribution is -2.32. The number of carbonyl (C=O) groups excluding carboxylic acids is 1. The van der Waals surface area contributed by atoms with Crippen molar-refractivity contribution in [3.63, 3.8) is 0 Å². The molecule has 0 bridgehead atoms. The minimum absolute atomic E-state index is 0.00868. The van der Waals surface area contributed by atoms with Gasteiger partial charge in [0.15, 0.2) is 0 Å². The first-order chi connectivity index (χ1) is 5.70. The Balaban J connectivity index is 2.00. The van der Waals surface area contributed by atoms with Gasteiger partial charge in [0.25, 0.3) is 0 Å². The maximum Gasteiger partial charge on any atom is 0.149 e. The Kier molecular flexibility index (Phi) is 0.964. The molecule has 2 spiro atoms. The van der Waals surface area contributed by atoms with Crippen LogP contribution in [0.3, 0.4) is 0 Å². The molecule has 0 N–H and O–H groups in total. The molecule has 0 aromatic heterocycles. The molecular weight excluding hydrogens is 148 g/mol. The van der Waals surface area contributed by atoms with Gasteiger partial charge in [-0.2, -0.15) is 0 Å². The fourth-order valence-electron chi connectivity index (χ4n) is 2.74. The molecule has 0 radical (unpaired) electrons. The summed E-state index contributed by atoms with van der Waals surface area (Å²) < 4.78 is 0. The van der Waals surface area contributed by atoms with E-state index >= 15 is 0 Å². The lowest BCUT2D eigenvalue weighted by atomic mass is 9.73. The van der Waals surface area contributed by atoms with E-state index in [1.54, 1.807) is 0 Å². The Hall–Kier alpha value is -0.590. The molecule has 1 nitrogen and oxygen atoms in total. The van der Waals surface area contributed by atoms with Crippen LogP contribution in [0.15, 0.2) is 12.2 Å². The van der Waals surface area contributed by atoms with Crippen LogP contribution in [0.25, 0.3) is 0 Å². The molecule has 1 heteroatoms. The molecule has 0 aromatic rings. The Labute approximate surface area is 72.8 Å². The molecule has 0 atom stereocenters. The summed E-state index contributed by atoms with van der Waals surface area (Å²) in [5.74, 6) is 0.561. The normalized spacial score (nSPS) is 34.3. The van der Waals surface area contributed by atoms with Crippen LogP contribution >= 0.6 is 0 Å². The van der Waals surface area contributed by atoms with Crippen molar-refractivity contribution in [3.8, 4) is 0 Å². The highest BCUT2D eigenvalue weighted by molar-refractivity contribution is 5.98. The number of Topliss-reactive ketones (excluding diaryl/α,β-unsaturated/α-hetero) is 1. The molecule has 3 aliphatic rings. The molecule has 0 aliphatic heterocycles. The average Bonchev–Trinajstić information content (AvgIpc) is 2.94. The summed E-state index contributed by atoms with van der Waals surface area (Å²) in [5.41, 5.74) is 1.41. The number of rotatable bonds is 0. The summed E-state index contributed by atoms with van der Waals surface area (Å²) in [6, 6.07) is 0. The third-order valence-corrected chi connectivity index (χ3v) is 4.10. The van der Waals surface area contributed by atoms with Crippen LogP contribution in [-0.2, 0) is 4.79 Å². The third kappa shape index (κ3) is 0.596. The van der Waals surface area contributed by atoms with Crippen molar-refractivity contribution in [1.82, 2.24) is 0 Å². The second-order valence-electron chi connectivity index (χ2n) is 4.80. The van der Waals surface area contributed by atoms with Crippen molar-refractivity contribution in [2.45, 2.75) is 38.5 Å². The second-order valence-corrected chi connectivity index (χ2v) is 4.80. The van der Waals surface area contributed by atoms with Crippen molar-refractivity contribution >= 4 is 5.78 Å². The van der Waals surface area contributed by atoms with E-state index in [1.807, 2.05) is 0 Å². The molecule has 64 valence electrons. The summed E-state index contributed by atoms with van der Waals surface area (Å²) in [5, 5.41) is 0. The first-order valence-corrected chi connectivity index (χ1v) is 4.93. The van der Waals surface area contributed by atoms with Crippen molar-refractivity contribution in [2.24, 2.45) is 10.8 Å². The molecule has 3 saturated carbocycles. The second kappa shape index (κ2) is 1.68. The summed E-state index contributed by atoms with van der Waals surface area (Å²) in [6.45, 7) is 4.05. The van der Waals surface area contributed by atoms with Crippen molar-refractivity contribution in [1.29, 1.82) is 0 Å². The fourth-order valence-corrected chi connectivity index (χ4v) is 2.74. The molecular formula is C11H14O. The molecule has 0 saturated heterocycles. The monoisotopic (exact) mass is 162 g/mol. The number of allylic oxidation sites excluding steroid dienone is 1. The van der Waals surface area contributed by atoms with Gasteiger partial charge in [-0.05, 0) is 38.5 Å². The Morgan fingerprint density at radius 2 is 1.75 bits per heavy atom. The van der Waals surface area contributed by atoms with E-state index in [-0.39, 0.29) is 10.8 Å². The lowest BCUT2D eigenvalue weighted by Gasteiger charge is -2.29. The van der Waals surface area contributed by atoms with Crippen molar-refractivity contribution < 1.29 is 4.79 Å². The minimum atomic E-state index is 0.00868. The summed E-state index contributed by atoms with van der Waals surface area (Å²) in [6.07, 6.45) is 6.76. The van der Waals surface area contributed by atoms with E-state index < -0.39 is 0 Å². The highest BCUT2D eigenvalue weighted by Crippen LogP contribution is 2.67. The van der Waals surface area contributed by atoms with Gasteiger partial charge >= 0.3 is 0 Å². The smallest absolute Gasteiger partial charge is 0.149 e. The average molecular weight is 162 g/mol. The Morgan fingerprint density at radius 3 is 2.25 bits per heavy atom. The maximum atomic E-state index is 12.0. The van der Waals surface area contributed by atoms with E-state index in [4.69, 9.17) is 0 Å². The first-order valence-electron chi connectivity index (χ1n) is 4.93. The number of hydrogen-bond acceptors (Lipinski definition) is 1. The summed E-state index contributed by atoms with van der Waals surface area (Å²) in [7, 11) is 0. The lowest BCUT2D eigenvalue weighted by molar-refractivity contribution is -0.129. The first kappa shape index (κ1) is 6.88. The van der Waals surface area contributed by atoms with E-state index in [1.165, 1.54) is 18.4 Å². The highest BCUT2D eigenvalue weighted by Gasteiger charge is 2.64. The van der Waals surface area contributed by atoms with Crippen LogP contribution in [0.4, 0.5) is 0 Å². The fraction of sp³-hybridized carbons (Fsp3) is 0.727. The van der Waals surface area contributed by atoms with Crippen LogP contribution in [0.1, 0.15) is 38.5 Å². The van der Waals surface area contributed by atoms with Gasteiger partial charge in [0, 0.05) is 5.41 Å². The zero-order chi connectivity index (χ0) is 8.40. The Morgan fingerprint density at radius 1 is 1.08 bits per heavy atom.